The third-order valence-corrected chi connectivity index (χ3v) is 3.11. The van der Waals surface area contributed by atoms with Crippen LogP contribution in [0.2, 0.25) is 0 Å². The lowest BCUT2D eigenvalue weighted by atomic mass is 10.2. The van der Waals surface area contributed by atoms with Crippen LogP contribution in [-0.4, -0.2) is 9.78 Å². The number of benzene rings is 1. The van der Waals surface area contributed by atoms with Gasteiger partial charge in [-0.05, 0) is 39.7 Å². The van der Waals surface area contributed by atoms with Gasteiger partial charge in [0.05, 0.1) is 12.7 Å². The fourth-order valence-corrected chi connectivity index (χ4v) is 1.80. The van der Waals surface area contributed by atoms with Gasteiger partial charge in [-0.15, -0.1) is 0 Å². The second-order valence-electron chi connectivity index (χ2n) is 2.94. The van der Waals surface area contributed by atoms with Crippen LogP contribution in [0.25, 0.3) is 0 Å². The molecule has 0 radical (unpaired) electrons. The maximum atomic E-state index is 4.19. The highest BCUT2D eigenvalue weighted by atomic mass is 79.9. The van der Waals surface area contributed by atoms with Crippen LogP contribution in [0.4, 0.5) is 0 Å². The van der Waals surface area contributed by atoms with Crippen LogP contribution in [0.1, 0.15) is 5.56 Å². The molecule has 14 heavy (non-hydrogen) atoms. The van der Waals surface area contributed by atoms with Gasteiger partial charge in [-0.1, -0.05) is 28.1 Å². The molecule has 72 valence electrons. The molecule has 0 saturated carbocycles. The van der Waals surface area contributed by atoms with E-state index in [0.717, 1.165) is 15.6 Å². The van der Waals surface area contributed by atoms with Crippen molar-refractivity contribution in [3.63, 3.8) is 0 Å². The fraction of sp³-hybridized carbons (Fsp3) is 0.100. The first-order valence-electron chi connectivity index (χ1n) is 4.17. The summed E-state index contributed by atoms with van der Waals surface area (Å²) in [6.45, 7) is 0.793. The Balaban J connectivity index is 2.19. The molecule has 2 aromatic rings. The second kappa shape index (κ2) is 4.28. The standard InChI is InChI=1S/C10H8Br2N2/c11-9-3-1-8(2-4-9)7-14-10(12)5-6-13-14/h1-6H,7H2. The van der Waals surface area contributed by atoms with Crippen molar-refractivity contribution in [2.24, 2.45) is 0 Å². The zero-order chi connectivity index (χ0) is 9.97. The summed E-state index contributed by atoms with van der Waals surface area (Å²) < 4.78 is 4.00. The summed E-state index contributed by atoms with van der Waals surface area (Å²) in [5.41, 5.74) is 1.23. The fourth-order valence-electron chi connectivity index (χ4n) is 1.20. The monoisotopic (exact) mass is 314 g/mol. The molecule has 0 aliphatic heterocycles. The number of halogens is 2. The summed E-state index contributed by atoms with van der Waals surface area (Å²) >= 11 is 6.84. The van der Waals surface area contributed by atoms with Gasteiger partial charge < -0.3 is 0 Å². The third kappa shape index (κ3) is 2.25. The molecule has 0 unspecified atom stereocenters. The van der Waals surface area contributed by atoms with Gasteiger partial charge in [-0.2, -0.15) is 5.10 Å². The van der Waals surface area contributed by atoms with Gasteiger partial charge in [-0.25, -0.2) is 0 Å². The van der Waals surface area contributed by atoms with Crippen LogP contribution in [0.5, 0.6) is 0 Å². The Kier molecular flexibility index (Phi) is 3.03. The number of nitrogens with zero attached hydrogens (tertiary/aromatic N) is 2. The second-order valence-corrected chi connectivity index (χ2v) is 4.67. The van der Waals surface area contributed by atoms with Crippen molar-refractivity contribution in [3.05, 3.63) is 51.2 Å². The highest BCUT2D eigenvalue weighted by Gasteiger charge is 1.99. The first kappa shape index (κ1) is 9.93. The normalized spacial score (nSPS) is 10.4. The molecule has 0 saturated heterocycles. The molecule has 0 aliphatic rings. The molecule has 0 N–H and O–H groups in total. The third-order valence-electron chi connectivity index (χ3n) is 1.91. The minimum Gasteiger partial charge on any atom is -0.254 e. The van der Waals surface area contributed by atoms with Crippen molar-refractivity contribution < 1.29 is 0 Å². The molecule has 1 aromatic heterocycles. The minimum atomic E-state index is 0.793. The average Bonchev–Trinajstić information content (AvgIpc) is 2.56. The molecular weight excluding hydrogens is 308 g/mol. The van der Waals surface area contributed by atoms with Gasteiger partial charge in [0.1, 0.15) is 4.60 Å². The van der Waals surface area contributed by atoms with E-state index in [4.69, 9.17) is 0 Å². The lowest BCUT2D eigenvalue weighted by molar-refractivity contribution is 0.671. The van der Waals surface area contributed by atoms with Crippen LogP contribution in [0.3, 0.4) is 0 Å². The predicted octanol–water partition coefficient (Wildman–Crippen LogP) is 3.46. The highest BCUT2D eigenvalue weighted by molar-refractivity contribution is 9.10. The van der Waals surface area contributed by atoms with Crippen LogP contribution in [-0.2, 0) is 6.54 Å². The van der Waals surface area contributed by atoms with Gasteiger partial charge in [0.25, 0.3) is 0 Å². The van der Waals surface area contributed by atoms with Crippen LogP contribution < -0.4 is 0 Å². The van der Waals surface area contributed by atoms with Gasteiger partial charge in [0.15, 0.2) is 0 Å². The maximum Gasteiger partial charge on any atom is 0.104 e. The van der Waals surface area contributed by atoms with Gasteiger partial charge >= 0.3 is 0 Å². The molecule has 0 fully saturated rings. The summed E-state index contributed by atoms with van der Waals surface area (Å²) in [7, 11) is 0. The Morgan fingerprint density at radius 3 is 2.36 bits per heavy atom. The van der Waals surface area contributed by atoms with E-state index in [1.54, 1.807) is 6.20 Å². The van der Waals surface area contributed by atoms with E-state index in [0.29, 0.717) is 0 Å². The van der Waals surface area contributed by atoms with Gasteiger partial charge in [0.2, 0.25) is 0 Å². The van der Waals surface area contributed by atoms with E-state index in [1.165, 1.54) is 5.56 Å². The predicted molar refractivity (Wildman–Crippen MR) is 63.2 cm³/mol. The highest BCUT2D eigenvalue weighted by Crippen LogP contribution is 2.14. The SMILES string of the molecule is Brc1ccc(Cn2nccc2Br)cc1. The van der Waals surface area contributed by atoms with Gasteiger partial charge in [0, 0.05) is 4.47 Å². The minimum absolute atomic E-state index is 0.793. The van der Waals surface area contributed by atoms with E-state index in [2.05, 4.69) is 49.1 Å². The molecule has 0 amide bonds. The molecule has 0 aliphatic carbocycles. The topological polar surface area (TPSA) is 17.8 Å². The van der Waals surface area contributed by atoms with Crippen molar-refractivity contribution >= 4 is 31.9 Å². The Bertz CT molecular complexity index is 420. The van der Waals surface area contributed by atoms with Crippen LogP contribution >= 0.6 is 31.9 Å². The molecule has 0 bridgehead atoms. The molecule has 0 atom stereocenters. The summed E-state index contributed by atoms with van der Waals surface area (Å²) in [6.07, 6.45) is 1.78. The molecule has 2 nitrogen and oxygen atoms in total. The van der Waals surface area contributed by atoms with Crippen LogP contribution in [0.15, 0.2) is 45.6 Å². The van der Waals surface area contributed by atoms with E-state index < -0.39 is 0 Å². The van der Waals surface area contributed by atoms with Gasteiger partial charge in [-0.3, -0.25) is 4.68 Å². The molecule has 1 heterocycles. The Morgan fingerprint density at radius 1 is 1.07 bits per heavy atom. The summed E-state index contributed by atoms with van der Waals surface area (Å²) in [6, 6.07) is 10.2. The Morgan fingerprint density at radius 2 is 1.79 bits per heavy atom. The lowest BCUT2D eigenvalue weighted by Gasteiger charge is -2.03. The summed E-state index contributed by atoms with van der Waals surface area (Å²) in [5, 5.41) is 4.19. The molecular formula is C10H8Br2N2. The zero-order valence-electron chi connectivity index (χ0n) is 7.32. The van der Waals surface area contributed by atoms with E-state index in [9.17, 15) is 0 Å². The van der Waals surface area contributed by atoms with Crippen molar-refractivity contribution in [3.8, 4) is 0 Å². The molecule has 0 spiro atoms. The Hall–Kier alpha value is -0.610. The van der Waals surface area contributed by atoms with Crippen molar-refractivity contribution in [1.82, 2.24) is 9.78 Å². The van der Waals surface area contributed by atoms with Crippen molar-refractivity contribution in [2.45, 2.75) is 6.54 Å². The molecule has 2 rings (SSSR count). The number of hydrogen-bond acceptors (Lipinski definition) is 1. The van der Waals surface area contributed by atoms with Crippen LogP contribution in [0, 0.1) is 0 Å². The smallest absolute Gasteiger partial charge is 0.104 e. The maximum absolute atomic E-state index is 4.19. The average molecular weight is 316 g/mol. The first-order valence-corrected chi connectivity index (χ1v) is 5.76. The molecule has 1 aromatic carbocycles. The molecule has 4 heteroatoms. The van der Waals surface area contributed by atoms with Crippen molar-refractivity contribution in [2.75, 3.05) is 0 Å². The van der Waals surface area contributed by atoms with E-state index in [1.807, 2.05) is 22.9 Å². The first-order chi connectivity index (χ1) is 6.75. The van der Waals surface area contributed by atoms with E-state index >= 15 is 0 Å². The quantitative estimate of drug-likeness (QED) is 0.830. The lowest BCUT2D eigenvalue weighted by Crippen LogP contribution is -2.01. The number of hydrogen-bond donors (Lipinski definition) is 0. The number of rotatable bonds is 2. The number of aromatic nitrogens is 2. The van der Waals surface area contributed by atoms with E-state index in [-0.39, 0.29) is 0 Å². The summed E-state index contributed by atoms with van der Waals surface area (Å²) in [5.74, 6) is 0. The zero-order valence-corrected chi connectivity index (χ0v) is 10.5. The summed E-state index contributed by atoms with van der Waals surface area (Å²) in [4.78, 5) is 0. The Labute approximate surface area is 99.2 Å². The van der Waals surface area contributed by atoms with Crippen molar-refractivity contribution in [1.29, 1.82) is 0 Å². The largest absolute Gasteiger partial charge is 0.254 e.